The average Bonchev–Trinajstić information content (AvgIpc) is 1.85. The third-order valence-electron chi connectivity index (χ3n) is 1.79. The fourth-order valence-corrected chi connectivity index (χ4v) is 1.22. The summed E-state index contributed by atoms with van der Waals surface area (Å²) in [4.78, 5) is 2.09. The van der Waals surface area contributed by atoms with E-state index in [1.54, 1.807) is 0 Å². The van der Waals surface area contributed by atoms with Crippen molar-refractivity contribution >= 4 is 0 Å². The topological polar surface area (TPSA) is 32.7 Å². The molecular weight excluding hydrogens is 130 g/mol. The minimum absolute atomic E-state index is 0.216. The van der Waals surface area contributed by atoms with Crippen LogP contribution in [0.25, 0.3) is 0 Å². The summed E-state index contributed by atoms with van der Waals surface area (Å²) in [5, 5.41) is 9.12. The van der Waals surface area contributed by atoms with E-state index in [-0.39, 0.29) is 6.10 Å². The fourth-order valence-electron chi connectivity index (χ4n) is 1.22. The minimum Gasteiger partial charge on any atom is -0.367 e. The predicted molar refractivity (Wildman–Crippen MR) is 38.7 cm³/mol. The normalized spacial score (nSPS) is 36.3. The van der Waals surface area contributed by atoms with Gasteiger partial charge in [-0.1, -0.05) is 6.92 Å². The van der Waals surface area contributed by atoms with Gasteiger partial charge in [-0.25, -0.2) is 0 Å². The maximum absolute atomic E-state index is 9.12. The summed E-state index contributed by atoms with van der Waals surface area (Å²) in [6.45, 7) is 3.64. The van der Waals surface area contributed by atoms with Crippen molar-refractivity contribution in [2.75, 3.05) is 20.1 Å². The first-order valence-electron chi connectivity index (χ1n) is 3.74. The van der Waals surface area contributed by atoms with Crippen molar-refractivity contribution in [3.8, 4) is 0 Å². The van der Waals surface area contributed by atoms with Gasteiger partial charge in [0, 0.05) is 13.1 Å². The lowest BCUT2D eigenvalue weighted by Crippen LogP contribution is -2.45. The summed E-state index contributed by atoms with van der Waals surface area (Å²) in [7, 11) is 1.99. The minimum atomic E-state index is -0.580. The van der Waals surface area contributed by atoms with Gasteiger partial charge in [0.25, 0.3) is 0 Å². The summed E-state index contributed by atoms with van der Waals surface area (Å²) >= 11 is 0. The third-order valence-corrected chi connectivity index (χ3v) is 1.79. The SMILES string of the molecule is CC[C@@H]1CN(C)C[C@H](O)O1. The molecule has 0 radical (unpaired) electrons. The molecule has 0 aromatic carbocycles. The highest BCUT2D eigenvalue weighted by molar-refractivity contribution is 4.68. The van der Waals surface area contributed by atoms with Crippen molar-refractivity contribution in [1.82, 2.24) is 4.90 Å². The molecule has 3 heteroatoms. The lowest BCUT2D eigenvalue weighted by atomic mass is 10.2. The molecule has 1 aliphatic rings. The Morgan fingerprint density at radius 1 is 1.60 bits per heavy atom. The molecule has 1 N–H and O–H groups in total. The van der Waals surface area contributed by atoms with Gasteiger partial charge in [0.1, 0.15) is 0 Å². The third kappa shape index (κ3) is 1.94. The predicted octanol–water partition coefficient (Wildman–Crippen LogP) is 0.0454. The van der Waals surface area contributed by atoms with Gasteiger partial charge in [-0.2, -0.15) is 0 Å². The van der Waals surface area contributed by atoms with Crippen LogP contribution in [0.5, 0.6) is 0 Å². The molecule has 1 rings (SSSR count). The first-order chi connectivity index (χ1) is 4.72. The number of ether oxygens (including phenoxy) is 1. The monoisotopic (exact) mass is 145 g/mol. The molecule has 1 saturated heterocycles. The van der Waals surface area contributed by atoms with Crippen molar-refractivity contribution in [3.05, 3.63) is 0 Å². The van der Waals surface area contributed by atoms with Gasteiger partial charge in [0.05, 0.1) is 6.10 Å². The second-order valence-electron chi connectivity index (χ2n) is 2.84. The van der Waals surface area contributed by atoms with Crippen LogP contribution in [0.15, 0.2) is 0 Å². The molecule has 2 atom stereocenters. The highest BCUT2D eigenvalue weighted by atomic mass is 16.6. The molecule has 3 nitrogen and oxygen atoms in total. The molecule has 0 bridgehead atoms. The Hall–Kier alpha value is -0.120. The lowest BCUT2D eigenvalue weighted by Gasteiger charge is -2.32. The van der Waals surface area contributed by atoms with Crippen molar-refractivity contribution in [3.63, 3.8) is 0 Å². The Morgan fingerprint density at radius 3 is 2.80 bits per heavy atom. The summed E-state index contributed by atoms with van der Waals surface area (Å²) < 4.78 is 5.22. The smallest absolute Gasteiger partial charge is 0.167 e. The number of β-amino-alcohol motifs (C(OH)–C–C–N with tert-alkyl or cyclic N) is 1. The molecule has 1 heterocycles. The number of aliphatic hydroxyl groups is 1. The molecule has 10 heavy (non-hydrogen) atoms. The summed E-state index contributed by atoms with van der Waals surface area (Å²) in [5.41, 5.74) is 0. The molecule has 60 valence electrons. The zero-order valence-corrected chi connectivity index (χ0v) is 6.58. The first-order valence-corrected chi connectivity index (χ1v) is 3.74. The molecule has 0 saturated carbocycles. The van der Waals surface area contributed by atoms with Gasteiger partial charge in [0.2, 0.25) is 0 Å². The Balaban J connectivity index is 2.35. The largest absolute Gasteiger partial charge is 0.367 e. The summed E-state index contributed by atoms with van der Waals surface area (Å²) in [6, 6.07) is 0. The van der Waals surface area contributed by atoms with E-state index in [0.29, 0.717) is 6.54 Å². The average molecular weight is 145 g/mol. The molecule has 0 aliphatic carbocycles. The molecule has 0 spiro atoms. The van der Waals surface area contributed by atoms with E-state index in [1.807, 2.05) is 7.05 Å². The summed E-state index contributed by atoms with van der Waals surface area (Å²) in [5.74, 6) is 0. The number of morpholine rings is 1. The van der Waals surface area contributed by atoms with Crippen LogP contribution in [-0.2, 0) is 4.74 Å². The van der Waals surface area contributed by atoms with E-state index in [4.69, 9.17) is 9.84 Å². The second-order valence-corrected chi connectivity index (χ2v) is 2.84. The van der Waals surface area contributed by atoms with E-state index < -0.39 is 6.29 Å². The van der Waals surface area contributed by atoms with Crippen LogP contribution in [-0.4, -0.2) is 42.5 Å². The highest BCUT2D eigenvalue weighted by Gasteiger charge is 2.21. The molecule has 0 aromatic heterocycles. The van der Waals surface area contributed by atoms with Crippen molar-refractivity contribution < 1.29 is 9.84 Å². The van der Waals surface area contributed by atoms with Crippen LogP contribution in [0.4, 0.5) is 0 Å². The van der Waals surface area contributed by atoms with Crippen LogP contribution in [0, 0.1) is 0 Å². The Labute approximate surface area is 61.6 Å². The number of rotatable bonds is 1. The van der Waals surface area contributed by atoms with Gasteiger partial charge >= 0.3 is 0 Å². The maximum atomic E-state index is 9.12. The number of likely N-dealkylation sites (N-methyl/N-ethyl adjacent to an activating group) is 1. The van der Waals surface area contributed by atoms with Crippen molar-refractivity contribution in [1.29, 1.82) is 0 Å². The number of aliphatic hydroxyl groups excluding tert-OH is 1. The molecule has 0 unspecified atom stereocenters. The van der Waals surface area contributed by atoms with Gasteiger partial charge in [0.15, 0.2) is 6.29 Å². The number of hydrogen-bond acceptors (Lipinski definition) is 3. The van der Waals surface area contributed by atoms with E-state index in [0.717, 1.165) is 13.0 Å². The number of hydrogen-bond donors (Lipinski definition) is 1. The standard InChI is InChI=1S/C7H15NO2/c1-3-6-4-8(2)5-7(9)10-6/h6-7,9H,3-5H2,1-2H3/t6-,7-/m1/s1. The van der Waals surface area contributed by atoms with E-state index in [2.05, 4.69) is 11.8 Å². The van der Waals surface area contributed by atoms with Crippen LogP contribution >= 0.6 is 0 Å². The number of nitrogens with zero attached hydrogens (tertiary/aromatic N) is 1. The molecule has 1 fully saturated rings. The van der Waals surface area contributed by atoms with Gasteiger partial charge < -0.3 is 9.84 Å². The van der Waals surface area contributed by atoms with Crippen LogP contribution in [0.1, 0.15) is 13.3 Å². The molecular formula is C7H15NO2. The molecule has 1 aliphatic heterocycles. The van der Waals surface area contributed by atoms with E-state index in [9.17, 15) is 0 Å². The van der Waals surface area contributed by atoms with Gasteiger partial charge in [-0.15, -0.1) is 0 Å². The zero-order valence-electron chi connectivity index (χ0n) is 6.58. The van der Waals surface area contributed by atoms with Crippen molar-refractivity contribution in [2.24, 2.45) is 0 Å². The highest BCUT2D eigenvalue weighted by Crippen LogP contribution is 2.09. The maximum Gasteiger partial charge on any atom is 0.167 e. The van der Waals surface area contributed by atoms with Gasteiger partial charge in [-0.05, 0) is 13.5 Å². The fraction of sp³-hybridized carbons (Fsp3) is 1.00. The van der Waals surface area contributed by atoms with Crippen LogP contribution < -0.4 is 0 Å². The quantitative estimate of drug-likeness (QED) is 0.565. The van der Waals surface area contributed by atoms with Crippen LogP contribution in [0.3, 0.4) is 0 Å². The van der Waals surface area contributed by atoms with E-state index >= 15 is 0 Å². The van der Waals surface area contributed by atoms with Crippen molar-refractivity contribution in [2.45, 2.75) is 25.7 Å². The zero-order chi connectivity index (χ0) is 7.56. The first kappa shape index (κ1) is 7.98. The summed E-state index contributed by atoms with van der Waals surface area (Å²) in [6.07, 6.45) is 0.610. The Kier molecular flexibility index (Phi) is 2.65. The Bertz CT molecular complexity index is 97.8. The van der Waals surface area contributed by atoms with E-state index in [1.165, 1.54) is 0 Å². The lowest BCUT2D eigenvalue weighted by molar-refractivity contribution is -0.179. The Morgan fingerprint density at radius 2 is 2.30 bits per heavy atom. The second kappa shape index (κ2) is 3.32. The molecule has 0 aromatic rings. The van der Waals surface area contributed by atoms with Gasteiger partial charge in [-0.3, -0.25) is 4.90 Å². The molecule has 0 amide bonds. The van der Waals surface area contributed by atoms with Crippen LogP contribution in [0.2, 0.25) is 0 Å².